The van der Waals surface area contributed by atoms with E-state index in [9.17, 15) is 0 Å². The first-order valence-electron chi connectivity index (χ1n) is 7.79. The largest absolute Gasteiger partial charge is 0.310 e. The molecule has 0 aliphatic rings. The van der Waals surface area contributed by atoms with Gasteiger partial charge in [-0.15, -0.1) is 6.58 Å². The molecular formula is C18H28ClN. The summed E-state index contributed by atoms with van der Waals surface area (Å²) in [6.07, 6.45) is 9.30. The van der Waals surface area contributed by atoms with Gasteiger partial charge in [-0.1, -0.05) is 43.5 Å². The van der Waals surface area contributed by atoms with Gasteiger partial charge in [0.25, 0.3) is 0 Å². The van der Waals surface area contributed by atoms with Crippen molar-refractivity contribution in [2.24, 2.45) is 0 Å². The van der Waals surface area contributed by atoms with Crippen molar-refractivity contribution in [3.8, 4) is 0 Å². The van der Waals surface area contributed by atoms with Crippen LogP contribution >= 0.6 is 11.6 Å². The number of unbranched alkanes of at least 4 members (excludes halogenated alkanes) is 3. The molecule has 0 aromatic heterocycles. The van der Waals surface area contributed by atoms with Gasteiger partial charge in [-0.05, 0) is 62.4 Å². The van der Waals surface area contributed by atoms with Gasteiger partial charge in [-0.2, -0.15) is 0 Å². The van der Waals surface area contributed by atoms with Crippen LogP contribution in [-0.2, 0) is 0 Å². The fourth-order valence-electron chi connectivity index (χ4n) is 2.53. The molecule has 0 saturated heterocycles. The second-order valence-electron chi connectivity index (χ2n) is 5.43. The van der Waals surface area contributed by atoms with E-state index < -0.39 is 0 Å². The topological polar surface area (TPSA) is 12.0 Å². The van der Waals surface area contributed by atoms with Gasteiger partial charge in [0.1, 0.15) is 0 Å². The third kappa shape index (κ3) is 6.11. The van der Waals surface area contributed by atoms with E-state index in [0.717, 1.165) is 18.0 Å². The molecule has 1 aromatic carbocycles. The second-order valence-corrected chi connectivity index (χ2v) is 5.87. The lowest BCUT2D eigenvalue weighted by atomic mass is 9.96. The van der Waals surface area contributed by atoms with Crippen molar-refractivity contribution >= 4 is 11.6 Å². The monoisotopic (exact) mass is 293 g/mol. The zero-order valence-corrected chi connectivity index (χ0v) is 13.7. The lowest BCUT2D eigenvalue weighted by molar-refractivity contribution is 0.470. The van der Waals surface area contributed by atoms with Crippen LogP contribution in [-0.4, -0.2) is 6.54 Å². The number of hydrogen-bond donors (Lipinski definition) is 1. The Labute approximate surface area is 129 Å². The molecule has 0 bridgehead atoms. The number of nitrogens with one attached hydrogen (secondary N) is 1. The molecule has 0 aliphatic heterocycles. The minimum absolute atomic E-state index is 0.455. The van der Waals surface area contributed by atoms with Crippen molar-refractivity contribution in [1.29, 1.82) is 0 Å². The number of hydrogen-bond acceptors (Lipinski definition) is 1. The van der Waals surface area contributed by atoms with Crippen molar-refractivity contribution in [2.45, 2.75) is 58.4 Å². The Hall–Kier alpha value is -0.790. The van der Waals surface area contributed by atoms with E-state index in [1.807, 2.05) is 12.1 Å². The highest BCUT2D eigenvalue weighted by Crippen LogP contribution is 2.25. The summed E-state index contributed by atoms with van der Waals surface area (Å²) < 4.78 is 0. The molecule has 1 unspecified atom stereocenters. The zero-order chi connectivity index (χ0) is 14.8. The molecule has 0 radical (unpaired) electrons. The number of allylic oxidation sites excluding steroid dienone is 1. The Bertz CT molecular complexity index is 400. The highest BCUT2D eigenvalue weighted by Gasteiger charge is 2.12. The summed E-state index contributed by atoms with van der Waals surface area (Å²) in [5.74, 6) is 0. The Balaban J connectivity index is 2.60. The van der Waals surface area contributed by atoms with Gasteiger partial charge in [-0.3, -0.25) is 0 Å². The molecule has 1 N–H and O–H groups in total. The lowest BCUT2D eigenvalue weighted by Crippen LogP contribution is -2.22. The van der Waals surface area contributed by atoms with Crippen molar-refractivity contribution in [3.05, 3.63) is 47.0 Å². The number of halogens is 1. The third-order valence-corrected chi connectivity index (χ3v) is 3.88. The van der Waals surface area contributed by atoms with E-state index in [2.05, 4.69) is 37.9 Å². The van der Waals surface area contributed by atoms with Crippen LogP contribution in [0.2, 0.25) is 5.02 Å². The van der Waals surface area contributed by atoms with Crippen LogP contribution in [0.3, 0.4) is 0 Å². The van der Waals surface area contributed by atoms with Gasteiger partial charge < -0.3 is 5.32 Å². The van der Waals surface area contributed by atoms with E-state index in [0.29, 0.717) is 6.04 Å². The van der Waals surface area contributed by atoms with Crippen LogP contribution in [0.4, 0.5) is 0 Å². The Morgan fingerprint density at radius 2 is 2.10 bits per heavy atom. The molecule has 0 amide bonds. The fraction of sp³-hybridized carbons (Fsp3) is 0.556. The van der Waals surface area contributed by atoms with Crippen molar-refractivity contribution in [3.63, 3.8) is 0 Å². The van der Waals surface area contributed by atoms with Gasteiger partial charge in [0, 0.05) is 11.1 Å². The normalized spacial score (nSPS) is 12.3. The molecule has 1 rings (SSSR count). The minimum atomic E-state index is 0.455. The Morgan fingerprint density at radius 3 is 2.75 bits per heavy atom. The first kappa shape index (κ1) is 17.3. The molecule has 2 heteroatoms. The molecule has 112 valence electrons. The quantitative estimate of drug-likeness (QED) is 0.423. The first-order chi connectivity index (χ1) is 9.69. The van der Waals surface area contributed by atoms with Crippen LogP contribution in [0, 0.1) is 6.92 Å². The minimum Gasteiger partial charge on any atom is -0.310 e. The molecule has 20 heavy (non-hydrogen) atoms. The highest BCUT2D eigenvalue weighted by molar-refractivity contribution is 6.30. The average Bonchev–Trinajstić information content (AvgIpc) is 2.43. The van der Waals surface area contributed by atoms with E-state index in [-0.39, 0.29) is 0 Å². The molecular weight excluding hydrogens is 266 g/mol. The maximum absolute atomic E-state index is 6.06. The third-order valence-electron chi connectivity index (χ3n) is 3.65. The smallest absolute Gasteiger partial charge is 0.0408 e. The van der Waals surface area contributed by atoms with E-state index in [1.165, 1.54) is 43.2 Å². The van der Waals surface area contributed by atoms with Gasteiger partial charge >= 0.3 is 0 Å². The van der Waals surface area contributed by atoms with Crippen LogP contribution in [0.1, 0.15) is 62.6 Å². The highest BCUT2D eigenvalue weighted by atomic mass is 35.5. The van der Waals surface area contributed by atoms with Gasteiger partial charge in [0.15, 0.2) is 0 Å². The summed E-state index contributed by atoms with van der Waals surface area (Å²) in [6.45, 7) is 9.21. The molecule has 1 aromatic rings. The van der Waals surface area contributed by atoms with E-state index >= 15 is 0 Å². The van der Waals surface area contributed by atoms with Crippen molar-refractivity contribution < 1.29 is 0 Å². The van der Waals surface area contributed by atoms with Crippen LogP contribution in [0.15, 0.2) is 30.9 Å². The summed E-state index contributed by atoms with van der Waals surface area (Å²) in [7, 11) is 0. The van der Waals surface area contributed by atoms with Crippen molar-refractivity contribution in [1.82, 2.24) is 5.32 Å². The summed E-state index contributed by atoms with van der Waals surface area (Å²) in [6, 6.07) is 6.70. The Kier molecular flexibility index (Phi) is 8.64. The molecule has 0 aliphatic carbocycles. The first-order valence-corrected chi connectivity index (χ1v) is 8.17. The van der Waals surface area contributed by atoms with E-state index in [4.69, 9.17) is 11.6 Å². The summed E-state index contributed by atoms with van der Waals surface area (Å²) in [5, 5.41) is 4.50. The molecule has 1 atom stereocenters. The molecule has 0 fully saturated rings. The SMILES string of the molecule is C=CCCCCCC(NCCC)c1ccc(Cl)cc1C. The molecule has 1 nitrogen and oxygen atoms in total. The number of rotatable bonds is 10. The van der Waals surface area contributed by atoms with E-state index in [1.54, 1.807) is 0 Å². The maximum atomic E-state index is 6.06. The average molecular weight is 294 g/mol. The summed E-state index contributed by atoms with van der Waals surface area (Å²) in [4.78, 5) is 0. The van der Waals surface area contributed by atoms with Gasteiger partial charge in [0.2, 0.25) is 0 Å². The lowest BCUT2D eigenvalue weighted by Gasteiger charge is -2.21. The number of aryl methyl sites for hydroxylation is 1. The predicted octanol–water partition coefficient (Wildman–Crippen LogP) is 5.83. The van der Waals surface area contributed by atoms with Gasteiger partial charge in [-0.25, -0.2) is 0 Å². The van der Waals surface area contributed by atoms with Gasteiger partial charge in [0.05, 0.1) is 0 Å². The fourth-order valence-corrected chi connectivity index (χ4v) is 2.76. The summed E-state index contributed by atoms with van der Waals surface area (Å²) >= 11 is 6.06. The molecule has 0 spiro atoms. The van der Waals surface area contributed by atoms with Crippen LogP contribution < -0.4 is 5.32 Å². The summed E-state index contributed by atoms with van der Waals surface area (Å²) in [5.41, 5.74) is 2.68. The molecule has 0 saturated carbocycles. The Morgan fingerprint density at radius 1 is 1.30 bits per heavy atom. The second kappa shape index (κ2) is 10.0. The standard InChI is InChI=1S/C18H28ClN/c1-4-6-7-8-9-10-18(20-13-5-2)17-12-11-16(19)14-15(17)3/h4,11-12,14,18,20H,1,5-10,13H2,2-3H3. The van der Waals surface area contributed by atoms with Crippen LogP contribution in [0.5, 0.6) is 0 Å². The van der Waals surface area contributed by atoms with Crippen molar-refractivity contribution in [2.75, 3.05) is 6.54 Å². The predicted molar refractivity (Wildman–Crippen MR) is 90.5 cm³/mol. The maximum Gasteiger partial charge on any atom is 0.0408 e. The number of benzene rings is 1. The zero-order valence-electron chi connectivity index (χ0n) is 12.9. The van der Waals surface area contributed by atoms with Crippen LogP contribution in [0.25, 0.3) is 0 Å². The molecule has 0 heterocycles.